The Morgan fingerprint density at radius 1 is 1.25 bits per heavy atom. The minimum Gasteiger partial charge on any atom is -0.349 e. The van der Waals surface area contributed by atoms with Crippen LogP contribution in [0.1, 0.15) is 0 Å². The average molecular weight is 164 g/mol. The number of fused-ring (bicyclic) bond motifs is 1. The molecule has 0 saturated carbocycles. The summed E-state index contributed by atoms with van der Waals surface area (Å²) in [4.78, 5) is 32.2. The molecule has 0 fully saturated rings. The van der Waals surface area contributed by atoms with Crippen LogP contribution < -0.4 is 5.32 Å². The van der Waals surface area contributed by atoms with Crippen LogP contribution >= 0.6 is 0 Å². The van der Waals surface area contributed by atoms with E-state index in [0.717, 1.165) is 0 Å². The van der Waals surface area contributed by atoms with Gasteiger partial charge in [0.2, 0.25) is 0 Å². The number of hydrogen-bond acceptors (Lipinski definition) is 4. The zero-order valence-corrected chi connectivity index (χ0v) is 5.94. The fourth-order valence-corrected chi connectivity index (χ4v) is 0.890. The molecule has 0 aromatic heterocycles. The summed E-state index contributed by atoms with van der Waals surface area (Å²) in [5, 5.41) is 2.72. The summed E-state index contributed by atoms with van der Waals surface area (Å²) in [5.74, 6) is -1.35. The Morgan fingerprint density at radius 2 is 2.00 bits per heavy atom. The van der Waals surface area contributed by atoms with Gasteiger partial charge in [0.25, 0.3) is 0 Å². The van der Waals surface area contributed by atoms with Crippen molar-refractivity contribution >= 4 is 29.6 Å². The van der Waals surface area contributed by atoms with E-state index in [1.807, 2.05) is 0 Å². The highest BCUT2D eigenvalue weighted by molar-refractivity contribution is 6.68. The van der Waals surface area contributed by atoms with Gasteiger partial charge in [-0.1, -0.05) is 0 Å². The SMILES string of the molecule is O=C1N=C2C=NCNC2=NC1=O. The van der Waals surface area contributed by atoms with Gasteiger partial charge in [-0.15, -0.1) is 0 Å². The number of nitrogens with zero attached hydrogens (tertiary/aromatic N) is 3. The summed E-state index contributed by atoms with van der Waals surface area (Å²) in [5.41, 5.74) is 0.325. The number of hydrogen-bond donors (Lipinski definition) is 1. The Hall–Kier alpha value is -1.85. The third-order valence-corrected chi connectivity index (χ3v) is 1.41. The van der Waals surface area contributed by atoms with Crippen molar-refractivity contribution in [2.45, 2.75) is 0 Å². The van der Waals surface area contributed by atoms with Crippen molar-refractivity contribution in [3.05, 3.63) is 0 Å². The number of carbonyl (C=O) groups excluding carboxylic acids is 2. The molecular weight excluding hydrogens is 160 g/mol. The van der Waals surface area contributed by atoms with Crippen LogP contribution in [0.5, 0.6) is 0 Å². The molecule has 0 bridgehead atoms. The molecule has 12 heavy (non-hydrogen) atoms. The van der Waals surface area contributed by atoms with Gasteiger partial charge in [-0.2, -0.15) is 9.98 Å². The lowest BCUT2D eigenvalue weighted by Gasteiger charge is -2.13. The van der Waals surface area contributed by atoms with Crippen molar-refractivity contribution < 1.29 is 9.59 Å². The lowest BCUT2D eigenvalue weighted by atomic mass is 10.3. The van der Waals surface area contributed by atoms with Crippen LogP contribution in [-0.4, -0.2) is 36.2 Å². The fourth-order valence-electron chi connectivity index (χ4n) is 0.890. The van der Waals surface area contributed by atoms with Gasteiger partial charge in [-0.25, -0.2) is 0 Å². The Morgan fingerprint density at radius 3 is 2.83 bits per heavy atom. The number of carbonyl (C=O) groups is 2. The molecule has 0 atom stereocenters. The standard InChI is InChI=1S/C6H4N4O2/c11-5-6(12)10-4-3(9-5)1-7-2-8-4/h1H,2H2,(H,8,10,12). The van der Waals surface area contributed by atoms with Gasteiger partial charge in [0.05, 0.1) is 6.21 Å². The van der Waals surface area contributed by atoms with Gasteiger partial charge in [-0.3, -0.25) is 14.6 Å². The third kappa shape index (κ3) is 0.931. The molecule has 0 radical (unpaired) electrons. The summed E-state index contributed by atoms with van der Waals surface area (Å²) >= 11 is 0. The van der Waals surface area contributed by atoms with Gasteiger partial charge < -0.3 is 5.32 Å². The van der Waals surface area contributed by atoms with E-state index in [4.69, 9.17) is 0 Å². The van der Waals surface area contributed by atoms with E-state index in [2.05, 4.69) is 20.3 Å². The smallest absolute Gasteiger partial charge is 0.339 e. The maximum Gasteiger partial charge on any atom is 0.339 e. The molecule has 0 aliphatic carbocycles. The lowest BCUT2D eigenvalue weighted by molar-refractivity contribution is -0.135. The zero-order chi connectivity index (χ0) is 8.55. The summed E-state index contributed by atoms with van der Waals surface area (Å²) < 4.78 is 0. The fraction of sp³-hybridized carbons (Fsp3) is 0.167. The number of nitrogens with one attached hydrogen (secondary N) is 1. The minimum absolute atomic E-state index is 0.325. The van der Waals surface area contributed by atoms with Gasteiger partial charge in [-0.05, 0) is 0 Å². The molecule has 0 saturated heterocycles. The van der Waals surface area contributed by atoms with E-state index in [0.29, 0.717) is 18.2 Å². The first kappa shape index (κ1) is 6.84. The molecule has 0 unspecified atom stereocenters. The van der Waals surface area contributed by atoms with E-state index in [-0.39, 0.29) is 0 Å². The second-order valence-electron chi connectivity index (χ2n) is 2.21. The van der Waals surface area contributed by atoms with Crippen LogP contribution in [0.3, 0.4) is 0 Å². The normalized spacial score (nSPS) is 21.0. The van der Waals surface area contributed by atoms with Gasteiger partial charge in [0, 0.05) is 0 Å². The van der Waals surface area contributed by atoms with Crippen molar-refractivity contribution in [1.82, 2.24) is 5.32 Å². The molecule has 0 aromatic rings. The second-order valence-corrected chi connectivity index (χ2v) is 2.21. The molecule has 2 rings (SSSR count). The molecule has 0 spiro atoms. The van der Waals surface area contributed by atoms with Gasteiger partial charge in [0.15, 0.2) is 5.84 Å². The van der Waals surface area contributed by atoms with Crippen molar-refractivity contribution in [3.8, 4) is 0 Å². The third-order valence-electron chi connectivity index (χ3n) is 1.41. The summed E-state index contributed by atoms with van der Waals surface area (Å²) in [7, 11) is 0. The molecule has 60 valence electrons. The molecule has 6 heteroatoms. The summed E-state index contributed by atoms with van der Waals surface area (Å²) in [6.07, 6.45) is 1.42. The van der Waals surface area contributed by atoms with Gasteiger partial charge >= 0.3 is 11.8 Å². The quantitative estimate of drug-likeness (QED) is 0.443. The van der Waals surface area contributed by atoms with Crippen LogP contribution in [0.25, 0.3) is 0 Å². The maximum atomic E-state index is 10.7. The van der Waals surface area contributed by atoms with Crippen LogP contribution in [0, 0.1) is 0 Å². The topological polar surface area (TPSA) is 83.2 Å². The highest BCUT2D eigenvalue weighted by Crippen LogP contribution is 1.97. The predicted octanol–water partition coefficient (Wildman–Crippen LogP) is -1.48. The Bertz CT molecular complexity index is 353. The van der Waals surface area contributed by atoms with Crippen LogP contribution in [0.4, 0.5) is 0 Å². The van der Waals surface area contributed by atoms with Crippen molar-refractivity contribution in [3.63, 3.8) is 0 Å². The number of aliphatic imine (C=N–C) groups is 3. The molecule has 2 heterocycles. The van der Waals surface area contributed by atoms with Gasteiger partial charge in [0.1, 0.15) is 12.4 Å². The summed E-state index contributed by atoms with van der Waals surface area (Å²) in [6, 6.07) is 0. The Labute approximate surface area is 67.1 Å². The van der Waals surface area contributed by atoms with E-state index in [9.17, 15) is 9.59 Å². The largest absolute Gasteiger partial charge is 0.349 e. The first-order chi connectivity index (χ1) is 5.77. The Balaban J connectivity index is 2.46. The maximum absolute atomic E-state index is 10.7. The molecule has 1 N–H and O–H groups in total. The van der Waals surface area contributed by atoms with Crippen molar-refractivity contribution in [2.24, 2.45) is 15.0 Å². The van der Waals surface area contributed by atoms with E-state index in [1.165, 1.54) is 6.21 Å². The lowest BCUT2D eigenvalue weighted by Crippen LogP contribution is -2.40. The molecule has 2 amide bonds. The first-order valence-electron chi connectivity index (χ1n) is 3.27. The van der Waals surface area contributed by atoms with Crippen molar-refractivity contribution in [1.29, 1.82) is 0 Å². The first-order valence-corrected chi connectivity index (χ1v) is 3.27. The monoisotopic (exact) mass is 164 g/mol. The predicted molar refractivity (Wildman–Crippen MR) is 41.4 cm³/mol. The molecule has 2 aliphatic rings. The van der Waals surface area contributed by atoms with Crippen LogP contribution in [0.2, 0.25) is 0 Å². The molecule has 6 nitrogen and oxygen atoms in total. The average Bonchev–Trinajstić information content (AvgIpc) is 2.07. The Kier molecular flexibility index (Phi) is 1.33. The zero-order valence-electron chi connectivity index (χ0n) is 5.94. The minimum atomic E-state index is -0.844. The number of amides is 2. The highest BCUT2D eigenvalue weighted by Gasteiger charge is 2.23. The molecular formula is C6H4N4O2. The highest BCUT2D eigenvalue weighted by atomic mass is 16.2. The molecule has 2 aliphatic heterocycles. The number of amidine groups is 1. The van der Waals surface area contributed by atoms with Crippen LogP contribution in [-0.2, 0) is 9.59 Å². The summed E-state index contributed by atoms with van der Waals surface area (Å²) in [6.45, 7) is 0.360. The van der Waals surface area contributed by atoms with Crippen molar-refractivity contribution in [2.75, 3.05) is 6.67 Å². The van der Waals surface area contributed by atoms with E-state index < -0.39 is 11.8 Å². The molecule has 0 aromatic carbocycles. The number of rotatable bonds is 0. The van der Waals surface area contributed by atoms with E-state index >= 15 is 0 Å². The van der Waals surface area contributed by atoms with Crippen LogP contribution in [0.15, 0.2) is 15.0 Å². The van der Waals surface area contributed by atoms with E-state index in [1.54, 1.807) is 0 Å². The second kappa shape index (κ2) is 2.33.